The lowest BCUT2D eigenvalue weighted by Gasteiger charge is -2.10. The van der Waals surface area contributed by atoms with Crippen LogP contribution in [0.5, 0.6) is 5.75 Å². The Kier molecular flexibility index (Phi) is 4.72. The molecule has 14 heavy (non-hydrogen) atoms. The Balaban J connectivity index is 2.75. The first-order chi connectivity index (χ1) is 6.65. The zero-order valence-corrected chi connectivity index (χ0v) is 10.4. The van der Waals surface area contributed by atoms with Crippen LogP contribution in [0.1, 0.15) is 12.0 Å². The van der Waals surface area contributed by atoms with Crippen LogP contribution in [-0.4, -0.2) is 13.2 Å². The molecule has 78 valence electrons. The largest absolute Gasteiger partial charge is 0.492 e. The second kappa shape index (κ2) is 5.59. The molecule has 0 amide bonds. The quantitative estimate of drug-likeness (QED) is 0.859. The SMILES string of the molecule is Cc1cc(Br)cc(Cl)c1OCCCN. The van der Waals surface area contributed by atoms with Gasteiger partial charge in [0.1, 0.15) is 5.75 Å². The van der Waals surface area contributed by atoms with E-state index in [0.717, 1.165) is 22.2 Å². The second-order valence-corrected chi connectivity index (χ2v) is 4.35. The van der Waals surface area contributed by atoms with E-state index in [2.05, 4.69) is 15.9 Å². The van der Waals surface area contributed by atoms with Crippen molar-refractivity contribution in [3.8, 4) is 5.75 Å². The van der Waals surface area contributed by atoms with E-state index in [4.69, 9.17) is 22.1 Å². The zero-order valence-electron chi connectivity index (χ0n) is 8.02. The normalized spacial score (nSPS) is 10.3. The van der Waals surface area contributed by atoms with E-state index >= 15 is 0 Å². The summed E-state index contributed by atoms with van der Waals surface area (Å²) in [5, 5.41) is 0.633. The molecule has 0 heterocycles. The molecule has 1 aromatic carbocycles. The minimum Gasteiger partial charge on any atom is -0.492 e. The summed E-state index contributed by atoms with van der Waals surface area (Å²) in [5.74, 6) is 0.753. The maximum Gasteiger partial charge on any atom is 0.140 e. The number of aryl methyl sites for hydroxylation is 1. The highest BCUT2D eigenvalue weighted by atomic mass is 79.9. The Hall–Kier alpha value is -0.250. The lowest BCUT2D eigenvalue weighted by Crippen LogP contribution is -2.06. The molecular weight excluding hydrogens is 265 g/mol. The first-order valence-corrected chi connectivity index (χ1v) is 5.60. The van der Waals surface area contributed by atoms with Gasteiger partial charge in [0.05, 0.1) is 11.6 Å². The van der Waals surface area contributed by atoms with Crippen molar-refractivity contribution in [1.29, 1.82) is 0 Å². The molecule has 4 heteroatoms. The summed E-state index contributed by atoms with van der Waals surface area (Å²) in [5.41, 5.74) is 6.40. The van der Waals surface area contributed by atoms with Gasteiger partial charge in [-0.15, -0.1) is 0 Å². The van der Waals surface area contributed by atoms with E-state index < -0.39 is 0 Å². The van der Waals surface area contributed by atoms with Gasteiger partial charge in [-0.1, -0.05) is 27.5 Å². The molecule has 0 saturated carbocycles. The van der Waals surface area contributed by atoms with Gasteiger partial charge >= 0.3 is 0 Å². The summed E-state index contributed by atoms with van der Waals surface area (Å²) in [4.78, 5) is 0. The van der Waals surface area contributed by atoms with Gasteiger partial charge in [-0.2, -0.15) is 0 Å². The molecule has 0 aliphatic rings. The number of halogens is 2. The van der Waals surface area contributed by atoms with Crippen molar-refractivity contribution in [1.82, 2.24) is 0 Å². The van der Waals surface area contributed by atoms with Crippen LogP contribution in [0.2, 0.25) is 5.02 Å². The van der Waals surface area contributed by atoms with Crippen molar-refractivity contribution in [2.45, 2.75) is 13.3 Å². The van der Waals surface area contributed by atoms with Gasteiger partial charge in [-0.3, -0.25) is 0 Å². The van der Waals surface area contributed by atoms with Crippen LogP contribution in [0.3, 0.4) is 0 Å². The van der Waals surface area contributed by atoms with E-state index in [-0.39, 0.29) is 0 Å². The smallest absolute Gasteiger partial charge is 0.140 e. The summed E-state index contributed by atoms with van der Waals surface area (Å²) in [6.07, 6.45) is 0.839. The second-order valence-electron chi connectivity index (χ2n) is 3.02. The predicted octanol–water partition coefficient (Wildman–Crippen LogP) is 3.14. The fraction of sp³-hybridized carbons (Fsp3) is 0.400. The Bertz CT molecular complexity index is 294. The van der Waals surface area contributed by atoms with Crippen molar-refractivity contribution in [2.75, 3.05) is 13.2 Å². The summed E-state index contributed by atoms with van der Waals surface area (Å²) in [6.45, 7) is 3.21. The topological polar surface area (TPSA) is 35.2 Å². The van der Waals surface area contributed by atoms with Gasteiger partial charge < -0.3 is 10.5 Å². The van der Waals surface area contributed by atoms with Crippen LogP contribution in [-0.2, 0) is 0 Å². The van der Waals surface area contributed by atoms with Crippen LogP contribution >= 0.6 is 27.5 Å². The van der Waals surface area contributed by atoms with Gasteiger partial charge in [0.15, 0.2) is 0 Å². The molecular formula is C10H13BrClNO. The van der Waals surface area contributed by atoms with Gasteiger partial charge in [-0.05, 0) is 37.6 Å². The van der Waals surface area contributed by atoms with Crippen LogP contribution < -0.4 is 10.5 Å². The highest BCUT2D eigenvalue weighted by molar-refractivity contribution is 9.10. The Labute approximate surface area is 97.5 Å². The molecule has 0 radical (unpaired) electrons. The van der Waals surface area contributed by atoms with Gasteiger partial charge in [0, 0.05) is 4.47 Å². The average Bonchev–Trinajstić information content (AvgIpc) is 2.09. The van der Waals surface area contributed by atoms with E-state index in [1.54, 1.807) is 0 Å². The molecule has 0 unspecified atom stereocenters. The molecule has 0 saturated heterocycles. The van der Waals surface area contributed by atoms with Crippen LogP contribution in [0.25, 0.3) is 0 Å². The lowest BCUT2D eigenvalue weighted by atomic mass is 10.2. The molecule has 1 rings (SSSR count). The molecule has 0 atom stereocenters. The van der Waals surface area contributed by atoms with Crippen LogP contribution in [0.4, 0.5) is 0 Å². The van der Waals surface area contributed by atoms with Crippen molar-refractivity contribution in [3.63, 3.8) is 0 Å². The highest BCUT2D eigenvalue weighted by Crippen LogP contribution is 2.31. The molecule has 0 aliphatic heterocycles. The number of benzene rings is 1. The first-order valence-electron chi connectivity index (χ1n) is 4.43. The molecule has 1 aromatic rings. The molecule has 0 aliphatic carbocycles. The monoisotopic (exact) mass is 277 g/mol. The maximum atomic E-state index is 6.03. The first kappa shape index (κ1) is 11.8. The van der Waals surface area contributed by atoms with Crippen molar-refractivity contribution >= 4 is 27.5 Å². The van der Waals surface area contributed by atoms with Crippen LogP contribution in [0, 0.1) is 6.92 Å². The van der Waals surface area contributed by atoms with Crippen LogP contribution in [0.15, 0.2) is 16.6 Å². The van der Waals surface area contributed by atoms with Crippen molar-refractivity contribution in [2.24, 2.45) is 5.73 Å². The predicted molar refractivity (Wildman–Crippen MR) is 63.1 cm³/mol. The Morgan fingerprint density at radius 2 is 2.21 bits per heavy atom. The number of ether oxygens (including phenoxy) is 1. The zero-order chi connectivity index (χ0) is 10.6. The Morgan fingerprint density at radius 3 is 2.79 bits per heavy atom. The van der Waals surface area contributed by atoms with E-state index in [0.29, 0.717) is 18.2 Å². The summed E-state index contributed by atoms with van der Waals surface area (Å²) >= 11 is 9.40. The third-order valence-corrected chi connectivity index (χ3v) is 2.53. The van der Waals surface area contributed by atoms with E-state index in [1.807, 2.05) is 19.1 Å². The molecule has 2 N–H and O–H groups in total. The third-order valence-electron chi connectivity index (χ3n) is 1.79. The van der Waals surface area contributed by atoms with Crippen molar-refractivity contribution in [3.05, 3.63) is 27.2 Å². The van der Waals surface area contributed by atoms with Gasteiger partial charge in [0.2, 0.25) is 0 Å². The summed E-state index contributed by atoms with van der Waals surface area (Å²) in [6, 6.07) is 3.80. The molecule has 2 nitrogen and oxygen atoms in total. The number of rotatable bonds is 4. The number of hydrogen-bond acceptors (Lipinski definition) is 2. The summed E-state index contributed by atoms with van der Waals surface area (Å²) < 4.78 is 6.49. The number of hydrogen-bond donors (Lipinski definition) is 1. The summed E-state index contributed by atoms with van der Waals surface area (Å²) in [7, 11) is 0. The fourth-order valence-corrected chi connectivity index (χ4v) is 2.15. The lowest BCUT2D eigenvalue weighted by molar-refractivity contribution is 0.311. The van der Waals surface area contributed by atoms with Crippen molar-refractivity contribution < 1.29 is 4.74 Å². The van der Waals surface area contributed by atoms with E-state index in [1.165, 1.54) is 0 Å². The minimum atomic E-state index is 0.610. The van der Waals surface area contributed by atoms with E-state index in [9.17, 15) is 0 Å². The standard InChI is InChI=1S/C10H13BrClNO/c1-7-5-8(11)6-9(12)10(7)14-4-2-3-13/h5-6H,2-4,13H2,1H3. The number of nitrogens with two attached hydrogens (primary N) is 1. The average molecular weight is 279 g/mol. The fourth-order valence-electron chi connectivity index (χ4n) is 1.13. The Morgan fingerprint density at radius 1 is 1.50 bits per heavy atom. The molecule has 0 fully saturated rings. The van der Waals surface area contributed by atoms with Gasteiger partial charge in [0.25, 0.3) is 0 Å². The molecule has 0 bridgehead atoms. The maximum absolute atomic E-state index is 6.03. The minimum absolute atomic E-state index is 0.610. The van der Waals surface area contributed by atoms with Gasteiger partial charge in [-0.25, -0.2) is 0 Å². The highest BCUT2D eigenvalue weighted by Gasteiger charge is 2.06. The third kappa shape index (κ3) is 3.15. The molecule has 0 aromatic heterocycles. The molecule has 0 spiro atoms.